The topological polar surface area (TPSA) is 81.7 Å². The zero-order valence-electron chi connectivity index (χ0n) is 10.3. The Hall–Kier alpha value is -2.11. The number of hydrogen-bond donors (Lipinski definition) is 2. The van der Waals surface area contributed by atoms with Crippen molar-refractivity contribution in [3.63, 3.8) is 0 Å². The molecule has 2 aromatic heterocycles. The van der Waals surface area contributed by atoms with Crippen LogP contribution in [0, 0.1) is 0 Å². The van der Waals surface area contributed by atoms with E-state index < -0.39 is 0 Å². The number of imidazole rings is 1. The van der Waals surface area contributed by atoms with E-state index in [0.29, 0.717) is 18.3 Å². The van der Waals surface area contributed by atoms with Crippen LogP contribution in [0.3, 0.4) is 0 Å². The molecule has 2 heterocycles. The second-order valence-electron chi connectivity index (χ2n) is 4.62. The lowest BCUT2D eigenvalue weighted by Gasteiger charge is -2.08. The molecule has 6 nitrogen and oxygen atoms in total. The second kappa shape index (κ2) is 4.29. The molecular weight excluding hydrogens is 228 g/mol. The molecule has 0 atom stereocenters. The van der Waals surface area contributed by atoms with Gasteiger partial charge in [0.2, 0.25) is 0 Å². The molecule has 94 valence electrons. The third-order valence-electron chi connectivity index (χ3n) is 3.05. The first-order chi connectivity index (χ1) is 8.72. The number of hydrogen-bond acceptors (Lipinski definition) is 5. The summed E-state index contributed by atoms with van der Waals surface area (Å²) in [6.07, 6.45) is 6.03. The lowest BCUT2D eigenvalue weighted by atomic mass is 10.4. The molecular formula is C12H16N6. The van der Waals surface area contributed by atoms with Crippen LogP contribution in [0.1, 0.15) is 30.4 Å². The zero-order chi connectivity index (χ0) is 12.5. The normalized spacial score (nSPS) is 14.7. The van der Waals surface area contributed by atoms with Gasteiger partial charge in [-0.05, 0) is 12.8 Å². The van der Waals surface area contributed by atoms with E-state index in [1.54, 1.807) is 12.3 Å². The monoisotopic (exact) mass is 244 g/mol. The largest absolute Gasteiger partial charge is 0.384 e. The van der Waals surface area contributed by atoms with E-state index in [2.05, 4.69) is 20.3 Å². The van der Waals surface area contributed by atoms with Gasteiger partial charge in [-0.3, -0.25) is 0 Å². The molecule has 18 heavy (non-hydrogen) atoms. The number of aryl methyl sites for hydroxylation is 1. The Balaban J connectivity index is 1.74. The van der Waals surface area contributed by atoms with E-state index in [9.17, 15) is 0 Å². The van der Waals surface area contributed by atoms with Gasteiger partial charge in [0, 0.05) is 31.4 Å². The summed E-state index contributed by atoms with van der Waals surface area (Å²) in [6.45, 7) is 0.629. The van der Waals surface area contributed by atoms with E-state index in [-0.39, 0.29) is 0 Å². The summed E-state index contributed by atoms with van der Waals surface area (Å²) in [7, 11) is 1.97. The molecule has 0 radical (unpaired) electrons. The molecule has 6 heteroatoms. The molecule has 0 aliphatic heterocycles. The van der Waals surface area contributed by atoms with Gasteiger partial charge in [-0.15, -0.1) is 0 Å². The summed E-state index contributed by atoms with van der Waals surface area (Å²) < 4.78 is 1.97. The van der Waals surface area contributed by atoms with Gasteiger partial charge >= 0.3 is 0 Å². The average Bonchev–Trinajstić information content (AvgIpc) is 3.11. The van der Waals surface area contributed by atoms with Crippen molar-refractivity contribution in [1.82, 2.24) is 19.5 Å². The van der Waals surface area contributed by atoms with Crippen molar-refractivity contribution in [3.05, 3.63) is 30.1 Å². The number of anilines is 2. The number of nitrogen functional groups attached to an aromatic ring is 1. The maximum absolute atomic E-state index is 5.79. The minimum Gasteiger partial charge on any atom is -0.384 e. The number of nitrogens with zero attached hydrogens (tertiary/aromatic N) is 4. The zero-order valence-corrected chi connectivity index (χ0v) is 10.3. The van der Waals surface area contributed by atoms with Gasteiger partial charge in [0.25, 0.3) is 0 Å². The van der Waals surface area contributed by atoms with E-state index in [4.69, 9.17) is 5.73 Å². The number of rotatable bonds is 4. The molecule has 0 bridgehead atoms. The number of nitrogens with two attached hydrogens (primary N) is 1. The molecule has 2 aromatic rings. The van der Waals surface area contributed by atoms with E-state index in [1.807, 2.05) is 17.8 Å². The molecule has 1 saturated carbocycles. The molecule has 0 unspecified atom stereocenters. The van der Waals surface area contributed by atoms with Crippen LogP contribution in [0.25, 0.3) is 0 Å². The third kappa shape index (κ3) is 2.27. The number of aromatic nitrogens is 4. The Kier molecular flexibility index (Phi) is 2.62. The SMILES string of the molecule is Cn1ccnc1CNc1cc(N)nc(C2CC2)n1. The highest BCUT2D eigenvalue weighted by atomic mass is 15.1. The van der Waals surface area contributed by atoms with Crippen LogP contribution in [-0.4, -0.2) is 19.5 Å². The summed E-state index contributed by atoms with van der Waals surface area (Å²) in [4.78, 5) is 13.0. The second-order valence-corrected chi connectivity index (χ2v) is 4.62. The van der Waals surface area contributed by atoms with Crippen LogP contribution in [0.2, 0.25) is 0 Å². The van der Waals surface area contributed by atoms with Crippen molar-refractivity contribution < 1.29 is 0 Å². The third-order valence-corrected chi connectivity index (χ3v) is 3.05. The first-order valence-electron chi connectivity index (χ1n) is 6.07. The minimum absolute atomic E-state index is 0.502. The molecule has 1 aliphatic carbocycles. The standard InChI is InChI=1S/C12H16N6/c1-18-5-4-14-11(18)7-15-10-6-9(13)16-12(17-10)8-2-3-8/h4-6,8H,2-3,7H2,1H3,(H3,13,15,16,17). The van der Waals surface area contributed by atoms with Gasteiger partial charge in [0.15, 0.2) is 0 Å². The lowest BCUT2D eigenvalue weighted by Crippen LogP contribution is -2.09. The summed E-state index contributed by atoms with van der Waals surface area (Å²) in [5, 5.41) is 3.24. The van der Waals surface area contributed by atoms with Gasteiger partial charge in [-0.2, -0.15) is 0 Å². The van der Waals surface area contributed by atoms with Gasteiger partial charge in [0.1, 0.15) is 23.3 Å². The van der Waals surface area contributed by atoms with Crippen LogP contribution < -0.4 is 11.1 Å². The summed E-state index contributed by atoms with van der Waals surface area (Å²) in [6, 6.07) is 1.76. The highest BCUT2D eigenvalue weighted by molar-refractivity contribution is 5.45. The molecule has 3 rings (SSSR count). The quantitative estimate of drug-likeness (QED) is 0.846. The van der Waals surface area contributed by atoms with Gasteiger partial charge < -0.3 is 15.6 Å². The van der Waals surface area contributed by atoms with Gasteiger partial charge in [-0.25, -0.2) is 15.0 Å². The summed E-state index contributed by atoms with van der Waals surface area (Å²) >= 11 is 0. The van der Waals surface area contributed by atoms with E-state index >= 15 is 0 Å². The van der Waals surface area contributed by atoms with Crippen LogP contribution in [0.4, 0.5) is 11.6 Å². The Bertz CT molecular complexity index is 557. The molecule has 0 saturated heterocycles. The lowest BCUT2D eigenvalue weighted by molar-refractivity contribution is 0.808. The molecule has 0 amide bonds. The number of nitrogens with one attached hydrogen (secondary N) is 1. The molecule has 0 spiro atoms. The fourth-order valence-corrected chi connectivity index (χ4v) is 1.84. The predicted octanol–water partition coefficient (Wildman–Crippen LogP) is 1.28. The Morgan fingerprint density at radius 3 is 2.94 bits per heavy atom. The first-order valence-corrected chi connectivity index (χ1v) is 6.07. The Labute approximate surface area is 105 Å². The van der Waals surface area contributed by atoms with Crippen molar-refractivity contribution in [1.29, 1.82) is 0 Å². The fourth-order valence-electron chi connectivity index (χ4n) is 1.84. The first kappa shape index (κ1) is 11.0. The van der Waals surface area contributed by atoms with E-state index in [1.165, 1.54) is 12.8 Å². The molecule has 1 aliphatic rings. The summed E-state index contributed by atoms with van der Waals surface area (Å²) in [5.74, 6) is 3.61. The van der Waals surface area contributed by atoms with Crippen molar-refractivity contribution >= 4 is 11.6 Å². The highest BCUT2D eigenvalue weighted by Crippen LogP contribution is 2.38. The maximum atomic E-state index is 5.79. The summed E-state index contributed by atoms with van der Waals surface area (Å²) in [5.41, 5.74) is 5.79. The van der Waals surface area contributed by atoms with Gasteiger partial charge in [0.05, 0.1) is 6.54 Å². The van der Waals surface area contributed by atoms with Crippen LogP contribution in [0.5, 0.6) is 0 Å². The maximum Gasteiger partial charge on any atom is 0.136 e. The van der Waals surface area contributed by atoms with Crippen LogP contribution in [0.15, 0.2) is 18.5 Å². The van der Waals surface area contributed by atoms with Crippen LogP contribution >= 0.6 is 0 Å². The molecule has 0 aromatic carbocycles. The average molecular weight is 244 g/mol. The Morgan fingerprint density at radius 2 is 2.28 bits per heavy atom. The predicted molar refractivity (Wildman–Crippen MR) is 69.0 cm³/mol. The van der Waals surface area contributed by atoms with E-state index in [0.717, 1.165) is 17.5 Å². The van der Waals surface area contributed by atoms with Crippen molar-refractivity contribution in [2.24, 2.45) is 7.05 Å². The van der Waals surface area contributed by atoms with Crippen molar-refractivity contribution in [2.45, 2.75) is 25.3 Å². The smallest absolute Gasteiger partial charge is 0.136 e. The van der Waals surface area contributed by atoms with Crippen molar-refractivity contribution in [3.8, 4) is 0 Å². The minimum atomic E-state index is 0.502. The Morgan fingerprint density at radius 1 is 1.44 bits per heavy atom. The fraction of sp³-hybridized carbons (Fsp3) is 0.417. The molecule has 3 N–H and O–H groups in total. The molecule has 1 fully saturated rings. The van der Waals surface area contributed by atoms with Gasteiger partial charge in [-0.1, -0.05) is 0 Å². The van der Waals surface area contributed by atoms with Crippen LogP contribution in [-0.2, 0) is 13.6 Å². The van der Waals surface area contributed by atoms with Crippen molar-refractivity contribution in [2.75, 3.05) is 11.1 Å². The highest BCUT2D eigenvalue weighted by Gasteiger charge is 2.27.